The van der Waals surface area contributed by atoms with Crippen LogP contribution in [-0.2, 0) is 19.5 Å². The van der Waals surface area contributed by atoms with Gasteiger partial charge in [0, 0.05) is 77.3 Å². The minimum Gasteiger partial charge on any atom is -0.361 e. The van der Waals surface area contributed by atoms with E-state index in [1.165, 1.54) is 22.0 Å². The Morgan fingerprint density at radius 1 is 1.19 bits per heavy atom. The van der Waals surface area contributed by atoms with E-state index in [1.807, 2.05) is 24.5 Å². The van der Waals surface area contributed by atoms with Gasteiger partial charge < -0.3 is 4.98 Å². The van der Waals surface area contributed by atoms with Crippen LogP contribution in [-0.4, -0.2) is 31.4 Å². The third kappa shape index (κ3) is 3.26. The number of rotatable bonds is 3. The third-order valence-electron chi connectivity index (χ3n) is 5.06. The number of hydrogen-bond acceptors (Lipinski definition) is 4. The highest BCUT2D eigenvalue weighted by Crippen LogP contribution is 2.26. The smallest absolute Gasteiger partial charge is 0.160 e. The molecule has 0 saturated heterocycles. The Balaban J connectivity index is 1.37. The van der Waals surface area contributed by atoms with Crippen LogP contribution in [0.4, 0.5) is 0 Å². The molecule has 0 aliphatic carbocycles. The third-order valence-corrected chi connectivity index (χ3v) is 5.55. The van der Waals surface area contributed by atoms with Crippen molar-refractivity contribution in [2.45, 2.75) is 19.5 Å². The monoisotopic (exact) mass is 419 g/mol. The van der Waals surface area contributed by atoms with E-state index < -0.39 is 0 Å². The number of fused-ring (bicyclic) bond motifs is 2. The van der Waals surface area contributed by atoms with Crippen molar-refractivity contribution in [2.75, 3.05) is 6.54 Å². The molecule has 4 heterocycles. The fourth-order valence-corrected chi connectivity index (χ4v) is 4.03. The molecule has 1 aliphatic rings. The van der Waals surface area contributed by atoms with E-state index in [9.17, 15) is 0 Å². The van der Waals surface area contributed by atoms with E-state index >= 15 is 0 Å². The van der Waals surface area contributed by atoms with Crippen molar-refractivity contribution in [1.29, 1.82) is 0 Å². The molecule has 0 atom stereocenters. The molecule has 0 spiro atoms. The first kappa shape index (κ1) is 16.6. The summed E-state index contributed by atoms with van der Waals surface area (Å²) in [6.45, 7) is 2.79. The highest BCUT2D eigenvalue weighted by molar-refractivity contribution is 9.10. The van der Waals surface area contributed by atoms with E-state index in [-0.39, 0.29) is 0 Å². The molecule has 1 aliphatic heterocycles. The summed E-state index contributed by atoms with van der Waals surface area (Å²) in [7, 11) is 0. The molecular formula is C21H18BrN5. The average Bonchev–Trinajstić information content (AvgIpc) is 3.10. The molecule has 134 valence electrons. The summed E-state index contributed by atoms with van der Waals surface area (Å²) in [6, 6.07) is 10.3. The largest absolute Gasteiger partial charge is 0.361 e. The van der Waals surface area contributed by atoms with Crippen molar-refractivity contribution in [2.24, 2.45) is 0 Å². The Morgan fingerprint density at radius 3 is 3.04 bits per heavy atom. The van der Waals surface area contributed by atoms with Crippen molar-refractivity contribution in [3.63, 3.8) is 0 Å². The molecule has 1 aromatic carbocycles. The van der Waals surface area contributed by atoms with E-state index in [0.29, 0.717) is 0 Å². The fourth-order valence-electron chi connectivity index (χ4n) is 3.67. The Kier molecular flexibility index (Phi) is 4.22. The number of H-pyrrole nitrogens is 1. The standard InChI is InChI=1S/C21H18BrN5/c22-17-3-4-20-18(8-17)15(10-24-20)12-27-7-5-19-16(13-27)11-25-21(26-19)14-2-1-6-23-9-14/h1-4,6,8-11,24H,5,7,12-13H2. The lowest BCUT2D eigenvalue weighted by Gasteiger charge is -2.27. The van der Waals surface area contributed by atoms with Gasteiger partial charge in [-0.3, -0.25) is 9.88 Å². The Morgan fingerprint density at radius 2 is 2.15 bits per heavy atom. The van der Waals surface area contributed by atoms with Gasteiger partial charge in [0.25, 0.3) is 0 Å². The number of nitrogens with zero attached hydrogens (tertiary/aromatic N) is 4. The molecule has 0 saturated carbocycles. The zero-order valence-electron chi connectivity index (χ0n) is 14.7. The maximum atomic E-state index is 4.79. The van der Waals surface area contributed by atoms with E-state index in [2.05, 4.69) is 60.2 Å². The highest BCUT2D eigenvalue weighted by atomic mass is 79.9. The van der Waals surface area contributed by atoms with Crippen LogP contribution in [0.2, 0.25) is 0 Å². The van der Waals surface area contributed by atoms with E-state index in [0.717, 1.165) is 47.6 Å². The van der Waals surface area contributed by atoms with Crippen LogP contribution in [0.15, 0.2) is 59.6 Å². The predicted molar refractivity (Wildman–Crippen MR) is 109 cm³/mol. The van der Waals surface area contributed by atoms with Gasteiger partial charge in [-0.05, 0) is 35.9 Å². The maximum Gasteiger partial charge on any atom is 0.160 e. The van der Waals surface area contributed by atoms with Crippen LogP contribution < -0.4 is 0 Å². The van der Waals surface area contributed by atoms with Gasteiger partial charge in [0.05, 0.1) is 5.69 Å². The van der Waals surface area contributed by atoms with Crippen LogP contribution >= 0.6 is 15.9 Å². The molecule has 0 amide bonds. The molecule has 5 nitrogen and oxygen atoms in total. The Hall–Kier alpha value is -2.57. The lowest BCUT2D eigenvalue weighted by Crippen LogP contribution is -2.30. The van der Waals surface area contributed by atoms with Crippen molar-refractivity contribution in [3.8, 4) is 11.4 Å². The van der Waals surface area contributed by atoms with Gasteiger partial charge in [-0.2, -0.15) is 0 Å². The number of pyridine rings is 1. The molecule has 3 aromatic heterocycles. The van der Waals surface area contributed by atoms with Crippen LogP contribution in [0.5, 0.6) is 0 Å². The summed E-state index contributed by atoms with van der Waals surface area (Å²) >= 11 is 3.58. The number of benzene rings is 1. The molecule has 5 rings (SSSR count). The zero-order valence-corrected chi connectivity index (χ0v) is 16.3. The number of hydrogen-bond donors (Lipinski definition) is 1. The maximum absolute atomic E-state index is 4.79. The first-order chi connectivity index (χ1) is 13.3. The van der Waals surface area contributed by atoms with Gasteiger partial charge in [0.2, 0.25) is 0 Å². The first-order valence-electron chi connectivity index (χ1n) is 8.99. The van der Waals surface area contributed by atoms with Gasteiger partial charge >= 0.3 is 0 Å². The molecular weight excluding hydrogens is 402 g/mol. The number of halogens is 1. The van der Waals surface area contributed by atoms with Crippen molar-refractivity contribution < 1.29 is 0 Å². The first-order valence-corrected chi connectivity index (χ1v) is 9.78. The van der Waals surface area contributed by atoms with Crippen molar-refractivity contribution in [1.82, 2.24) is 24.8 Å². The van der Waals surface area contributed by atoms with Crippen molar-refractivity contribution in [3.05, 3.63) is 76.4 Å². The lowest BCUT2D eigenvalue weighted by molar-refractivity contribution is 0.244. The van der Waals surface area contributed by atoms with Crippen LogP contribution in [0, 0.1) is 0 Å². The summed E-state index contributed by atoms with van der Waals surface area (Å²) in [5.41, 5.74) is 5.83. The van der Waals surface area contributed by atoms with Gasteiger partial charge in [0.1, 0.15) is 0 Å². The second-order valence-corrected chi connectivity index (χ2v) is 7.79. The minimum absolute atomic E-state index is 0.761. The molecule has 6 heteroatoms. The minimum atomic E-state index is 0.761. The molecule has 0 fully saturated rings. The SMILES string of the molecule is Brc1ccc2[nH]cc(CN3CCc4nc(-c5cccnc5)ncc4C3)c2c1. The highest BCUT2D eigenvalue weighted by Gasteiger charge is 2.20. The number of aromatic amines is 1. The van der Waals surface area contributed by atoms with Crippen LogP contribution in [0.1, 0.15) is 16.8 Å². The summed E-state index contributed by atoms with van der Waals surface area (Å²) in [5, 5.41) is 1.28. The van der Waals surface area contributed by atoms with E-state index in [1.54, 1.807) is 6.20 Å². The second-order valence-electron chi connectivity index (χ2n) is 6.87. The van der Waals surface area contributed by atoms with Crippen LogP contribution in [0.25, 0.3) is 22.3 Å². The topological polar surface area (TPSA) is 57.7 Å². The van der Waals surface area contributed by atoms with Gasteiger partial charge in [0.15, 0.2) is 5.82 Å². The summed E-state index contributed by atoms with van der Waals surface area (Å²) < 4.78 is 1.11. The van der Waals surface area contributed by atoms with Gasteiger partial charge in [-0.25, -0.2) is 9.97 Å². The zero-order chi connectivity index (χ0) is 18.2. The molecule has 0 radical (unpaired) electrons. The second kappa shape index (κ2) is 6.87. The summed E-state index contributed by atoms with van der Waals surface area (Å²) in [6.07, 6.45) is 8.61. The molecule has 0 bridgehead atoms. The molecule has 0 unspecified atom stereocenters. The normalized spacial score (nSPS) is 14.4. The summed E-state index contributed by atoms with van der Waals surface area (Å²) in [5.74, 6) is 0.761. The molecule has 1 N–H and O–H groups in total. The summed E-state index contributed by atoms with van der Waals surface area (Å²) in [4.78, 5) is 19.3. The fraction of sp³-hybridized carbons (Fsp3) is 0.190. The number of nitrogens with one attached hydrogen (secondary N) is 1. The molecule has 27 heavy (non-hydrogen) atoms. The van der Waals surface area contributed by atoms with Gasteiger partial charge in [-0.1, -0.05) is 15.9 Å². The van der Waals surface area contributed by atoms with Crippen molar-refractivity contribution >= 4 is 26.8 Å². The van der Waals surface area contributed by atoms with Crippen LogP contribution in [0.3, 0.4) is 0 Å². The van der Waals surface area contributed by atoms with E-state index in [4.69, 9.17) is 4.98 Å². The Bertz CT molecular complexity index is 1110. The Labute approximate surface area is 165 Å². The number of aromatic nitrogens is 4. The average molecular weight is 420 g/mol. The van der Waals surface area contributed by atoms with Gasteiger partial charge in [-0.15, -0.1) is 0 Å². The lowest BCUT2D eigenvalue weighted by atomic mass is 10.1. The quantitative estimate of drug-likeness (QED) is 0.536. The predicted octanol–water partition coefficient (Wildman–Crippen LogP) is 4.34. The molecule has 4 aromatic rings.